The van der Waals surface area contributed by atoms with Crippen molar-refractivity contribution in [1.29, 1.82) is 0 Å². The smallest absolute Gasteiger partial charge is 0.327 e. The summed E-state index contributed by atoms with van der Waals surface area (Å²) >= 11 is 0. The Morgan fingerprint density at radius 1 is 1.48 bits per heavy atom. The Morgan fingerprint density at radius 2 is 2.24 bits per heavy atom. The van der Waals surface area contributed by atoms with E-state index in [4.69, 9.17) is 4.74 Å². The second-order valence-electron chi connectivity index (χ2n) is 6.99. The number of carbonyl (C=O) groups is 2. The van der Waals surface area contributed by atoms with E-state index in [-0.39, 0.29) is 24.6 Å². The number of esters is 1. The lowest BCUT2D eigenvalue weighted by atomic mass is 9.77. The SMILES string of the molecule is CCCC(=O)N1CC(=O)OC1CCC1=CCC(C)(C)CC1. The minimum atomic E-state index is -0.354. The first-order valence-corrected chi connectivity index (χ1v) is 8.08. The first kappa shape index (κ1) is 16.1. The molecule has 1 unspecified atom stereocenters. The molecule has 0 aromatic rings. The van der Waals surface area contributed by atoms with Gasteiger partial charge in [0.1, 0.15) is 6.54 Å². The van der Waals surface area contributed by atoms with Crippen LogP contribution in [0.4, 0.5) is 0 Å². The van der Waals surface area contributed by atoms with E-state index in [1.165, 1.54) is 12.0 Å². The summed E-state index contributed by atoms with van der Waals surface area (Å²) in [6.45, 7) is 6.68. The number of rotatable bonds is 5. The summed E-state index contributed by atoms with van der Waals surface area (Å²) < 4.78 is 5.31. The molecule has 118 valence electrons. The molecule has 0 aromatic carbocycles. The Kier molecular flexibility index (Phi) is 5.07. The van der Waals surface area contributed by atoms with Crippen LogP contribution in [0.15, 0.2) is 11.6 Å². The fourth-order valence-electron chi connectivity index (χ4n) is 2.97. The van der Waals surface area contributed by atoms with Crippen LogP contribution < -0.4 is 0 Å². The van der Waals surface area contributed by atoms with Gasteiger partial charge in [-0.25, -0.2) is 0 Å². The first-order valence-electron chi connectivity index (χ1n) is 8.08. The minimum absolute atomic E-state index is 0.0344. The summed E-state index contributed by atoms with van der Waals surface area (Å²) in [7, 11) is 0. The molecule has 2 aliphatic rings. The summed E-state index contributed by atoms with van der Waals surface area (Å²) in [5.74, 6) is -0.240. The predicted octanol–water partition coefficient (Wildman–Crippen LogP) is 3.41. The average molecular weight is 293 g/mol. The van der Waals surface area contributed by atoms with Crippen molar-refractivity contribution in [3.8, 4) is 0 Å². The fourth-order valence-corrected chi connectivity index (χ4v) is 2.97. The van der Waals surface area contributed by atoms with Gasteiger partial charge in [0.05, 0.1) is 0 Å². The van der Waals surface area contributed by atoms with Gasteiger partial charge in [0.15, 0.2) is 6.23 Å². The molecule has 21 heavy (non-hydrogen) atoms. The molecule has 1 saturated heterocycles. The Balaban J connectivity index is 1.88. The zero-order chi connectivity index (χ0) is 15.5. The maximum Gasteiger partial charge on any atom is 0.327 e. The molecule has 0 N–H and O–H groups in total. The molecule has 0 bridgehead atoms. The van der Waals surface area contributed by atoms with E-state index in [9.17, 15) is 9.59 Å². The Morgan fingerprint density at radius 3 is 2.86 bits per heavy atom. The minimum Gasteiger partial charge on any atom is -0.440 e. The molecule has 1 aliphatic carbocycles. The zero-order valence-electron chi connectivity index (χ0n) is 13.5. The van der Waals surface area contributed by atoms with E-state index in [1.54, 1.807) is 4.90 Å². The van der Waals surface area contributed by atoms with Crippen LogP contribution in [0.2, 0.25) is 0 Å². The molecule has 4 heteroatoms. The summed E-state index contributed by atoms with van der Waals surface area (Å²) in [4.78, 5) is 25.1. The average Bonchev–Trinajstić information content (AvgIpc) is 2.79. The van der Waals surface area contributed by atoms with Gasteiger partial charge in [-0.1, -0.05) is 32.4 Å². The monoisotopic (exact) mass is 293 g/mol. The van der Waals surface area contributed by atoms with Gasteiger partial charge in [-0.3, -0.25) is 14.5 Å². The first-order chi connectivity index (χ1) is 9.91. The lowest BCUT2D eigenvalue weighted by Crippen LogP contribution is -2.36. The summed E-state index contributed by atoms with van der Waals surface area (Å²) in [5.41, 5.74) is 1.85. The second kappa shape index (κ2) is 6.63. The van der Waals surface area contributed by atoms with Crippen molar-refractivity contribution in [3.63, 3.8) is 0 Å². The number of allylic oxidation sites excluding steroid dienone is 2. The van der Waals surface area contributed by atoms with Gasteiger partial charge < -0.3 is 4.74 Å². The highest BCUT2D eigenvalue weighted by Gasteiger charge is 2.35. The van der Waals surface area contributed by atoms with Gasteiger partial charge >= 0.3 is 5.97 Å². The number of hydrogen-bond donors (Lipinski definition) is 0. The van der Waals surface area contributed by atoms with Crippen LogP contribution in [-0.2, 0) is 14.3 Å². The lowest BCUT2D eigenvalue weighted by molar-refractivity contribution is -0.143. The van der Waals surface area contributed by atoms with Crippen LogP contribution in [0, 0.1) is 5.41 Å². The van der Waals surface area contributed by atoms with E-state index in [0.29, 0.717) is 11.8 Å². The molecule has 1 atom stereocenters. The highest BCUT2D eigenvalue weighted by Crippen LogP contribution is 2.36. The summed E-state index contributed by atoms with van der Waals surface area (Å²) in [6, 6.07) is 0. The van der Waals surface area contributed by atoms with E-state index in [0.717, 1.165) is 32.1 Å². The molecule has 1 fully saturated rings. The third-order valence-corrected chi connectivity index (χ3v) is 4.48. The van der Waals surface area contributed by atoms with E-state index < -0.39 is 0 Å². The predicted molar refractivity (Wildman–Crippen MR) is 81.5 cm³/mol. The molecule has 1 heterocycles. The van der Waals surface area contributed by atoms with Gasteiger partial charge in [0.2, 0.25) is 5.91 Å². The van der Waals surface area contributed by atoms with Crippen molar-refractivity contribution in [2.24, 2.45) is 5.41 Å². The van der Waals surface area contributed by atoms with Crippen LogP contribution >= 0.6 is 0 Å². The van der Waals surface area contributed by atoms with Crippen molar-refractivity contribution < 1.29 is 14.3 Å². The van der Waals surface area contributed by atoms with Gasteiger partial charge in [0, 0.05) is 12.8 Å². The van der Waals surface area contributed by atoms with Gasteiger partial charge in [-0.05, 0) is 37.5 Å². The molecule has 0 saturated carbocycles. The highest BCUT2D eigenvalue weighted by molar-refractivity contribution is 5.84. The molecule has 2 rings (SSSR count). The number of ether oxygens (including phenoxy) is 1. The second-order valence-corrected chi connectivity index (χ2v) is 6.99. The van der Waals surface area contributed by atoms with Gasteiger partial charge in [-0.15, -0.1) is 0 Å². The maximum absolute atomic E-state index is 12.0. The van der Waals surface area contributed by atoms with Crippen molar-refractivity contribution in [1.82, 2.24) is 4.90 Å². The number of carbonyl (C=O) groups excluding carboxylic acids is 2. The number of nitrogens with zero attached hydrogens (tertiary/aromatic N) is 1. The fraction of sp³-hybridized carbons (Fsp3) is 0.765. The standard InChI is InChI=1S/C17H27NO3/c1-4-5-14(19)18-12-16(20)21-15(18)7-6-13-8-10-17(2,3)11-9-13/h8,15H,4-7,9-12H2,1-3H3. The Bertz CT molecular complexity index is 439. The normalized spacial score (nSPS) is 24.7. The third-order valence-electron chi connectivity index (χ3n) is 4.48. The summed E-state index contributed by atoms with van der Waals surface area (Å²) in [6.07, 6.45) is 8.37. The lowest BCUT2D eigenvalue weighted by Gasteiger charge is -2.29. The molecule has 0 spiro atoms. The van der Waals surface area contributed by atoms with E-state index >= 15 is 0 Å². The molecular formula is C17H27NO3. The molecule has 0 aromatic heterocycles. The van der Waals surface area contributed by atoms with Crippen molar-refractivity contribution >= 4 is 11.9 Å². The number of cyclic esters (lactones) is 1. The van der Waals surface area contributed by atoms with Crippen LogP contribution in [0.3, 0.4) is 0 Å². The van der Waals surface area contributed by atoms with E-state index in [1.807, 2.05) is 6.92 Å². The molecule has 0 radical (unpaired) electrons. The largest absolute Gasteiger partial charge is 0.440 e. The van der Waals surface area contributed by atoms with Crippen molar-refractivity contribution in [2.75, 3.05) is 6.54 Å². The zero-order valence-corrected chi connectivity index (χ0v) is 13.5. The van der Waals surface area contributed by atoms with E-state index in [2.05, 4.69) is 19.9 Å². The highest BCUT2D eigenvalue weighted by atomic mass is 16.6. The third kappa shape index (κ3) is 4.32. The van der Waals surface area contributed by atoms with Gasteiger partial charge in [0.25, 0.3) is 0 Å². The Labute approximate surface area is 127 Å². The summed E-state index contributed by atoms with van der Waals surface area (Å²) in [5, 5.41) is 0. The Hall–Kier alpha value is -1.32. The van der Waals surface area contributed by atoms with Crippen LogP contribution in [0.5, 0.6) is 0 Å². The topological polar surface area (TPSA) is 46.6 Å². The van der Waals surface area contributed by atoms with Gasteiger partial charge in [-0.2, -0.15) is 0 Å². The maximum atomic E-state index is 12.0. The van der Waals surface area contributed by atoms with Crippen LogP contribution in [0.25, 0.3) is 0 Å². The quantitative estimate of drug-likeness (QED) is 0.576. The molecular weight excluding hydrogens is 266 g/mol. The molecule has 1 aliphatic heterocycles. The van der Waals surface area contributed by atoms with Crippen LogP contribution in [-0.4, -0.2) is 29.5 Å². The molecule has 1 amide bonds. The molecule has 4 nitrogen and oxygen atoms in total. The van der Waals surface area contributed by atoms with Crippen molar-refractivity contribution in [2.45, 2.75) is 71.9 Å². The van der Waals surface area contributed by atoms with Crippen LogP contribution in [0.1, 0.15) is 65.7 Å². The number of amides is 1. The number of hydrogen-bond acceptors (Lipinski definition) is 3. The van der Waals surface area contributed by atoms with Crippen molar-refractivity contribution in [3.05, 3.63) is 11.6 Å².